The van der Waals surface area contributed by atoms with E-state index in [-0.39, 0.29) is 16.7 Å². The van der Waals surface area contributed by atoms with Crippen molar-refractivity contribution in [2.75, 3.05) is 0 Å². The minimum absolute atomic E-state index is 0.0550. The molecule has 0 radical (unpaired) electrons. The number of amides is 1. The van der Waals surface area contributed by atoms with Crippen LogP contribution in [0.25, 0.3) is 16.6 Å². The van der Waals surface area contributed by atoms with Gasteiger partial charge in [-0.2, -0.15) is 0 Å². The van der Waals surface area contributed by atoms with Crippen LogP contribution in [0.4, 0.5) is 0 Å². The Morgan fingerprint density at radius 2 is 1.87 bits per heavy atom. The Morgan fingerprint density at radius 1 is 1.19 bits per heavy atom. The van der Waals surface area contributed by atoms with Gasteiger partial charge in [-0.3, -0.25) is 9.59 Å². The number of aromatic hydroxyl groups is 1. The first-order valence-electron chi connectivity index (χ1n) is 10.9. The molecule has 1 amide bonds. The predicted octanol–water partition coefficient (Wildman–Crippen LogP) is 4.46. The van der Waals surface area contributed by atoms with Crippen molar-refractivity contribution in [1.29, 1.82) is 0 Å². The van der Waals surface area contributed by atoms with Crippen molar-refractivity contribution in [3.63, 3.8) is 0 Å². The number of aromatic nitrogens is 1. The van der Waals surface area contributed by atoms with Crippen LogP contribution in [0.15, 0.2) is 47.4 Å². The first kappa shape index (κ1) is 22.8. The number of rotatable bonds is 7. The lowest BCUT2D eigenvalue weighted by Crippen LogP contribution is -2.44. The van der Waals surface area contributed by atoms with Crippen molar-refractivity contribution < 1.29 is 9.90 Å². The molecule has 0 spiro atoms. The number of benzene rings is 2. The maximum atomic E-state index is 12.8. The number of carbonyl (C=O) groups is 1. The second kappa shape index (κ2) is 8.71. The number of pyridine rings is 1. The quantitative estimate of drug-likeness (QED) is 0.536. The average Bonchev–Trinajstić information content (AvgIpc) is 2.72. The lowest BCUT2D eigenvalue weighted by molar-refractivity contribution is 0.0999. The molecule has 31 heavy (non-hydrogen) atoms. The molecule has 0 aliphatic heterocycles. The van der Waals surface area contributed by atoms with Gasteiger partial charge in [0, 0.05) is 17.6 Å². The van der Waals surface area contributed by atoms with Gasteiger partial charge in [-0.05, 0) is 41.3 Å². The minimum atomic E-state index is -1.87. The second-order valence-corrected chi connectivity index (χ2v) is 14.2. The molecule has 2 aromatic carbocycles. The van der Waals surface area contributed by atoms with Crippen LogP contribution in [0, 0.1) is 0 Å². The van der Waals surface area contributed by atoms with Crippen molar-refractivity contribution in [2.45, 2.75) is 58.7 Å². The molecule has 1 heterocycles. The monoisotopic (exact) mass is 436 g/mol. The van der Waals surface area contributed by atoms with E-state index in [9.17, 15) is 14.7 Å². The number of phenols is 1. The van der Waals surface area contributed by atoms with E-state index >= 15 is 0 Å². The van der Waals surface area contributed by atoms with E-state index in [1.54, 1.807) is 18.2 Å². The summed E-state index contributed by atoms with van der Waals surface area (Å²) in [6.45, 7) is 11.1. The number of nitrogens with two attached hydrogens (primary N) is 1. The Labute approximate surface area is 184 Å². The number of aryl methyl sites for hydroxylation is 1. The van der Waals surface area contributed by atoms with Crippen LogP contribution < -0.4 is 16.3 Å². The highest BCUT2D eigenvalue weighted by atomic mass is 28.3. The summed E-state index contributed by atoms with van der Waals surface area (Å²) >= 11 is 0. The predicted molar refractivity (Wildman–Crippen MR) is 131 cm³/mol. The zero-order valence-corrected chi connectivity index (χ0v) is 20.0. The summed E-state index contributed by atoms with van der Waals surface area (Å²) in [6.07, 6.45) is 4.40. The van der Waals surface area contributed by atoms with Gasteiger partial charge < -0.3 is 15.4 Å². The van der Waals surface area contributed by atoms with Crippen LogP contribution in [0.2, 0.25) is 18.6 Å². The lowest BCUT2D eigenvalue weighted by atomic mass is 10.0. The number of hydrogen-bond donors (Lipinski definition) is 2. The molecule has 6 heteroatoms. The SMILES string of the molecule is CCCCc1cc([Si](C)(C)C(C)C)c(O)cc1-n1cc(C(N)=O)c(=O)c2ccccc21. The van der Waals surface area contributed by atoms with Crippen LogP contribution in [0.3, 0.4) is 0 Å². The van der Waals surface area contributed by atoms with Gasteiger partial charge in [0.2, 0.25) is 5.43 Å². The molecule has 1 aromatic heterocycles. The van der Waals surface area contributed by atoms with E-state index < -0.39 is 14.0 Å². The highest BCUT2D eigenvalue weighted by Crippen LogP contribution is 2.30. The van der Waals surface area contributed by atoms with E-state index in [4.69, 9.17) is 5.73 Å². The molecule has 3 N–H and O–H groups in total. The van der Waals surface area contributed by atoms with Crippen LogP contribution >= 0.6 is 0 Å². The third-order valence-corrected chi connectivity index (χ3v) is 11.2. The summed E-state index contributed by atoms with van der Waals surface area (Å²) in [4.78, 5) is 24.8. The number of nitrogens with zero attached hydrogens (tertiary/aromatic N) is 1. The number of primary amides is 1. The zero-order chi connectivity index (χ0) is 22.9. The van der Waals surface area contributed by atoms with Crippen LogP contribution in [0.1, 0.15) is 49.5 Å². The largest absolute Gasteiger partial charge is 0.508 e. The Hall–Kier alpha value is -2.86. The molecule has 0 aliphatic carbocycles. The molecule has 3 rings (SSSR count). The summed E-state index contributed by atoms with van der Waals surface area (Å²) in [5, 5.41) is 12.5. The number of unbranched alkanes of at least 4 members (excludes halogenated alkanes) is 1. The molecule has 0 saturated heterocycles. The summed E-state index contributed by atoms with van der Waals surface area (Å²) in [6, 6.07) is 11.1. The van der Waals surface area contributed by atoms with Crippen molar-refractivity contribution in [2.24, 2.45) is 5.73 Å². The molecule has 3 aromatic rings. The fourth-order valence-corrected chi connectivity index (χ4v) is 5.79. The molecule has 0 bridgehead atoms. The van der Waals surface area contributed by atoms with Gasteiger partial charge in [-0.1, -0.05) is 58.5 Å². The summed E-state index contributed by atoms with van der Waals surface area (Å²) in [5.74, 6) is -0.488. The fourth-order valence-electron chi connectivity index (χ4n) is 3.89. The Bertz CT molecular complexity index is 1200. The molecule has 0 aliphatic rings. The maximum absolute atomic E-state index is 12.8. The smallest absolute Gasteiger partial charge is 0.254 e. The highest BCUT2D eigenvalue weighted by Gasteiger charge is 2.31. The van der Waals surface area contributed by atoms with Gasteiger partial charge in [0.05, 0.1) is 19.3 Å². The van der Waals surface area contributed by atoms with Gasteiger partial charge >= 0.3 is 0 Å². The van der Waals surface area contributed by atoms with E-state index in [1.807, 2.05) is 16.7 Å². The van der Waals surface area contributed by atoms with Gasteiger partial charge in [-0.15, -0.1) is 0 Å². The van der Waals surface area contributed by atoms with E-state index in [0.717, 1.165) is 35.7 Å². The van der Waals surface area contributed by atoms with Gasteiger partial charge in [0.15, 0.2) is 0 Å². The zero-order valence-electron chi connectivity index (χ0n) is 19.0. The van der Waals surface area contributed by atoms with E-state index in [1.165, 1.54) is 6.20 Å². The number of hydrogen-bond acceptors (Lipinski definition) is 3. The van der Waals surface area contributed by atoms with E-state index in [2.05, 4.69) is 39.9 Å². The average molecular weight is 437 g/mol. The van der Waals surface area contributed by atoms with Crippen LogP contribution in [-0.4, -0.2) is 23.7 Å². The molecule has 5 nitrogen and oxygen atoms in total. The second-order valence-electron chi connectivity index (χ2n) is 9.10. The lowest BCUT2D eigenvalue weighted by Gasteiger charge is -2.30. The molecular formula is C25H32N2O3Si. The number of phenolic OH excluding ortho intramolecular Hbond substituents is 1. The maximum Gasteiger partial charge on any atom is 0.254 e. The molecule has 0 unspecified atom stereocenters. The third-order valence-electron chi connectivity index (χ3n) is 6.57. The van der Waals surface area contributed by atoms with Crippen molar-refractivity contribution >= 4 is 30.1 Å². The topological polar surface area (TPSA) is 85.3 Å². The van der Waals surface area contributed by atoms with Gasteiger partial charge in [-0.25, -0.2) is 0 Å². The van der Waals surface area contributed by atoms with Crippen molar-refractivity contribution in [1.82, 2.24) is 4.57 Å². The molecule has 164 valence electrons. The first-order valence-corrected chi connectivity index (χ1v) is 14.0. The highest BCUT2D eigenvalue weighted by molar-refractivity contribution is 6.91. The molecule has 0 atom stereocenters. The molecular weight excluding hydrogens is 404 g/mol. The Kier molecular flexibility index (Phi) is 6.41. The Morgan fingerprint density at radius 3 is 2.48 bits per heavy atom. The minimum Gasteiger partial charge on any atom is -0.508 e. The number of para-hydroxylation sites is 1. The molecule has 0 saturated carbocycles. The molecule has 0 fully saturated rings. The standard InChI is InChI=1S/C25H32N2O3Si/c1-6-7-10-17-13-23(31(4,5)16(2)3)22(28)14-21(17)27-15-19(25(26)30)24(29)18-11-8-9-12-20(18)27/h8-9,11-16,28H,6-7,10H2,1-5H3,(H2,26,30). The number of carbonyl (C=O) groups excluding carboxylic acids is 1. The summed E-state index contributed by atoms with van der Waals surface area (Å²) in [7, 11) is -1.87. The summed E-state index contributed by atoms with van der Waals surface area (Å²) in [5.41, 5.74) is 8.12. The fraction of sp³-hybridized carbons (Fsp3) is 0.360. The van der Waals surface area contributed by atoms with Crippen molar-refractivity contribution in [3.05, 3.63) is 63.9 Å². The van der Waals surface area contributed by atoms with Crippen molar-refractivity contribution in [3.8, 4) is 11.4 Å². The third kappa shape index (κ3) is 4.17. The normalized spacial score (nSPS) is 11.9. The first-order chi connectivity index (χ1) is 14.6. The van der Waals surface area contributed by atoms with Crippen LogP contribution in [-0.2, 0) is 6.42 Å². The van der Waals surface area contributed by atoms with Gasteiger partial charge in [0.1, 0.15) is 11.3 Å². The van der Waals surface area contributed by atoms with E-state index in [0.29, 0.717) is 16.4 Å². The number of fused-ring (bicyclic) bond motifs is 1. The van der Waals surface area contributed by atoms with Gasteiger partial charge in [0.25, 0.3) is 5.91 Å². The van der Waals surface area contributed by atoms with Crippen LogP contribution in [0.5, 0.6) is 5.75 Å². The summed E-state index contributed by atoms with van der Waals surface area (Å²) < 4.78 is 1.83. The Balaban J connectivity index is 2.38.